The molecule has 0 amide bonds. The first-order valence-corrected chi connectivity index (χ1v) is 14.8. The van der Waals surface area contributed by atoms with Gasteiger partial charge in [-0.05, 0) is 77.8 Å². The summed E-state index contributed by atoms with van der Waals surface area (Å²) in [7, 11) is -3.19. The summed E-state index contributed by atoms with van der Waals surface area (Å²) in [4.78, 5) is 0. The quantitative estimate of drug-likeness (QED) is 0.391. The average molecular weight is 361 g/mol. The van der Waals surface area contributed by atoms with Gasteiger partial charge in [0.25, 0.3) is 0 Å². The lowest BCUT2D eigenvalue weighted by Crippen LogP contribution is -2.46. The molecule has 0 unspecified atom stereocenters. The summed E-state index contributed by atoms with van der Waals surface area (Å²) >= 11 is 0. The van der Waals surface area contributed by atoms with E-state index in [0.29, 0.717) is 0 Å². The highest BCUT2D eigenvalue weighted by Gasteiger charge is 2.38. The first kappa shape index (κ1) is 23.4. The van der Waals surface area contributed by atoms with Crippen LogP contribution in [-0.2, 0) is 8.85 Å². The van der Waals surface area contributed by atoms with E-state index in [9.17, 15) is 0 Å². The van der Waals surface area contributed by atoms with Crippen LogP contribution >= 0.6 is 0 Å². The maximum absolute atomic E-state index is 6.62. The zero-order valence-electron chi connectivity index (χ0n) is 17.8. The van der Waals surface area contributed by atoms with Gasteiger partial charge in [-0.1, -0.05) is 34.1 Å². The molecule has 0 aliphatic rings. The van der Waals surface area contributed by atoms with Crippen LogP contribution in [0, 0.1) is 0 Å². The van der Waals surface area contributed by atoms with E-state index >= 15 is 0 Å². The minimum atomic E-state index is -1.60. The normalized spacial score (nSPS) is 14.3. The molecule has 0 aromatic rings. The van der Waals surface area contributed by atoms with Crippen molar-refractivity contribution in [1.29, 1.82) is 0 Å². The summed E-state index contributed by atoms with van der Waals surface area (Å²) in [5.41, 5.74) is -0.0195. The summed E-state index contributed by atoms with van der Waals surface area (Å²) in [5, 5.41) is 0. The zero-order chi connectivity index (χ0) is 18.4. The van der Waals surface area contributed by atoms with E-state index < -0.39 is 16.6 Å². The second kappa shape index (κ2) is 9.16. The summed E-state index contributed by atoms with van der Waals surface area (Å²) in [5.74, 6) is 0. The van der Waals surface area contributed by atoms with Crippen molar-refractivity contribution in [1.82, 2.24) is 0 Å². The topological polar surface area (TPSA) is 18.5 Å². The van der Waals surface area contributed by atoms with E-state index in [-0.39, 0.29) is 11.2 Å². The van der Waals surface area contributed by atoms with Crippen LogP contribution in [0.1, 0.15) is 75.7 Å². The van der Waals surface area contributed by atoms with E-state index in [1.165, 1.54) is 42.7 Å². The highest BCUT2D eigenvalue weighted by atomic mass is 28.4. The van der Waals surface area contributed by atoms with Gasteiger partial charge in [0.05, 0.1) is 0 Å². The molecule has 0 radical (unpaired) electrons. The Bertz CT molecular complexity index is 289. The second-order valence-corrected chi connectivity index (χ2v) is 18.0. The highest BCUT2D eigenvalue weighted by Crippen LogP contribution is 2.34. The Labute approximate surface area is 149 Å². The van der Waals surface area contributed by atoms with Crippen molar-refractivity contribution in [2.24, 2.45) is 0 Å². The van der Waals surface area contributed by atoms with Crippen molar-refractivity contribution in [3.8, 4) is 0 Å². The number of rotatable bonds is 10. The third-order valence-corrected chi connectivity index (χ3v) is 14.7. The molecule has 2 nitrogen and oxygen atoms in total. The van der Waals surface area contributed by atoms with Crippen molar-refractivity contribution in [2.75, 3.05) is 0 Å². The smallest absolute Gasteiger partial charge is 0.192 e. The monoisotopic (exact) mass is 360 g/mol. The van der Waals surface area contributed by atoms with Gasteiger partial charge < -0.3 is 8.85 Å². The Hall–Kier alpha value is 0.354. The van der Waals surface area contributed by atoms with Gasteiger partial charge in [-0.2, -0.15) is 0 Å². The first-order valence-electron chi connectivity index (χ1n) is 9.77. The third-order valence-electron chi connectivity index (χ3n) is 4.89. The van der Waals surface area contributed by atoms with Crippen molar-refractivity contribution in [3.63, 3.8) is 0 Å². The summed E-state index contributed by atoms with van der Waals surface area (Å²) in [6, 6.07) is 7.50. The Morgan fingerprint density at radius 1 is 0.565 bits per heavy atom. The molecule has 0 spiro atoms. The van der Waals surface area contributed by atoms with Crippen LogP contribution in [0.5, 0.6) is 0 Å². The molecular formula is C19H44O2Si2. The summed E-state index contributed by atoms with van der Waals surface area (Å²) in [6.07, 6.45) is 1.29. The van der Waals surface area contributed by atoms with Gasteiger partial charge in [-0.15, -0.1) is 0 Å². The first-order chi connectivity index (χ1) is 10.4. The van der Waals surface area contributed by atoms with Crippen LogP contribution in [0.4, 0.5) is 0 Å². The Kier molecular flexibility index (Phi) is 9.30. The number of hydrogen-bond acceptors (Lipinski definition) is 2. The van der Waals surface area contributed by atoms with Gasteiger partial charge in [0.1, 0.15) is 0 Å². The molecule has 0 saturated heterocycles. The SMILES string of the molecule is CC[Si](CC)(CCC[Si](CC)(CC)OC(C)(C)C)OC(C)(C)C. The van der Waals surface area contributed by atoms with Crippen molar-refractivity contribution in [3.05, 3.63) is 0 Å². The molecule has 0 N–H and O–H groups in total. The lowest BCUT2D eigenvalue weighted by Gasteiger charge is -2.39. The van der Waals surface area contributed by atoms with E-state index in [4.69, 9.17) is 8.85 Å². The van der Waals surface area contributed by atoms with E-state index in [2.05, 4.69) is 69.2 Å². The van der Waals surface area contributed by atoms with Gasteiger partial charge in [0.2, 0.25) is 0 Å². The minimum Gasteiger partial charge on any atom is -0.412 e. The predicted molar refractivity (Wildman–Crippen MR) is 109 cm³/mol. The molecule has 0 saturated carbocycles. The average Bonchev–Trinajstić information content (AvgIpc) is 2.42. The van der Waals surface area contributed by atoms with Crippen LogP contribution in [0.3, 0.4) is 0 Å². The molecule has 0 heterocycles. The molecule has 0 fully saturated rings. The fraction of sp³-hybridized carbons (Fsp3) is 1.00. The fourth-order valence-corrected chi connectivity index (χ4v) is 11.4. The minimum absolute atomic E-state index is 0.00974. The molecule has 0 atom stereocenters. The third kappa shape index (κ3) is 8.85. The van der Waals surface area contributed by atoms with Gasteiger partial charge >= 0.3 is 0 Å². The maximum atomic E-state index is 6.62. The van der Waals surface area contributed by atoms with Gasteiger partial charge in [-0.3, -0.25) is 0 Å². The Morgan fingerprint density at radius 3 is 1.00 bits per heavy atom. The molecule has 0 bridgehead atoms. The van der Waals surface area contributed by atoms with Gasteiger partial charge in [0, 0.05) is 11.2 Å². The largest absolute Gasteiger partial charge is 0.412 e. The Balaban J connectivity index is 4.90. The van der Waals surface area contributed by atoms with Crippen molar-refractivity contribution < 1.29 is 8.85 Å². The number of hydrogen-bond donors (Lipinski definition) is 0. The van der Waals surface area contributed by atoms with Crippen LogP contribution in [0.15, 0.2) is 0 Å². The molecule has 0 rings (SSSR count). The van der Waals surface area contributed by atoms with Gasteiger partial charge in [0.15, 0.2) is 16.6 Å². The van der Waals surface area contributed by atoms with Crippen LogP contribution in [-0.4, -0.2) is 27.8 Å². The molecular weight excluding hydrogens is 316 g/mol. The van der Waals surface area contributed by atoms with Crippen molar-refractivity contribution >= 4 is 16.6 Å². The fourth-order valence-electron chi connectivity index (χ4n) is 3.63. The predicted octanol–water partition coefficient (Wildman–Crippen LogP) is 6.98. The van der Waals surface area contributed by atoms with E-state index in [1.54, 1.807) is 0 Å². The maximum Gasteiger partial charge on any atom is 0.192 e. The summed E-state index contributed by atoms with van der Waals surface area (Å²) in [6.45, 7) is 22.6. The lowest BCUT2D eigenvalue weighted by atomic mass is 10.2. The highest BCUT2D eigenvalue weighted by molar-refractivity contribution is 6.75. The zero-order valence-corrected chi connectivity index (χ0v) is 19.8. The molecule has 0 aromatic carbocycles. The van der Waals surface area contributed by atoms with Crippen LogP contribution in [0.2, 0.25) is 36.3 Å². The molecule has 0 aromatic heterocycles. The van der Waals surface area contributed by atoms with Crippen LogP contribution < -0.4 is 0 Å². The van der Waals surface area contributed by atoms with E-state index in [0.717, 1.165) is 0 Å². The molecule has 140 valence electrons. The van der Waals surface area contributed by atoms with Crippen molar-refractivity contribution in [2.45, 2.75) is 123 Å². The molecule has 23 heavy (non-hydrogen) atoms. The molecule has 0 aliphatic heterocycles. The molecule has 4 heteroatoms. The second-order valence-electron chi connectivity index (χ2n) is 9.06. The Morgan fingerprint density at radius 2 is 0.826 bits per heavy atom. The summed E-state index contributed by atoms with van der Waals surface area (Å²) < 4.78 is 13.2. The van der Waals surface area contributed by atoms with E-state index in [1.807, 2.05) is 0 Å². The molecule has 0 aliphatic carbocycles. The lowest BCUT2D eigenvalue weighted by molar-refractivity contribution is 0.114. The standard InChI is InChI=1S/C19H44O2Si2/c1-11-22(12-2,20-18(5,6)7)16-15-17-23(13-3,14-4)21-19(8,9)10/h11-17H2,1-10H3. The van der Waals surface area contributed by atoms with Crippen LogP contribution in [0.25, 0.3) is 0 Å². The van der Waals surface area contributed by atoms with Gasteiger partial charge in [-0.25, -0.2) is 0 Å².